The number of hydrogen-bond donors (Lipinski definition) is 0. The topological polar surface area (TPSA) is 29.5 Å². The summed E-state index contributed by atoms with van der Waals surface area (Å²) in [6, 6.07) is -0.366. The molecule has 1 saturated carbocycles. The zero-order valence-corrected chi connectivity index (χ0v) is 11.0. The highest BCUT2D eigenvalue weighted by atomic mass is 19.4. The molecule has 0 aliphatic heterocycles. The maximum absolute atomic E-state index is 12.5. The van der Waals surface area contributed by atoms with Crippen molar-refractivity contribution in [3.05, 3.63) is 0 Å². The fraction of sp³-hybridized carbons (Fsp3) is 0.917. The highest BCUT2D eigenvalue weighted by Gasteiger charge is 2.40. The molecule has 0 aromatic rings. The second kappa shape index (κ2) is 5.91. The van der Waals surface area contributed by atoms with Gasteiger partial charge in [0.1, 0.15) is 13.2 Å². The Morgan fingerprint density at radius 1 is 1.33 bits per heavy atom. The first kappa shape index (κ1) is 15.3. The number of amides is 1. The molecule has 106 valence electrons. The minimum Gasteiger partial charge on any atom is -0.369 e. The van der Waals surface area contributed by atoms with Gasteiger partial charge in [0.25, 0.3) is 0 Å². The molecule has 1 aliphatic carbocycles. The van der Waals surface area contributed by atoms with Crippen molar-refractivity contribution in [2.24, 2.45) is 5.92 Å². The van der Waals surface area contributed by atoms with Gasteiger partial charge in [-0.25, -0.2) is 0 Å². The molecule has 6 heteroatoms. The summed E-state index contributed by atoms with van der Waals surface area (Å²) >= 11 is 0. The van der Waals surface area contributed by atoms with E-state index >= 15 is 0 Å². The maximum atomic E-state index is 12.5. The van der Waals surface area contributed by atoms with Crippen molar-refractivity contribution in [2.75, 3.05) is 13.2 Å². The van der Waals surface area contributed by atoms with Crippen LogP contribution >= 0.6 is 0 Å². The maximum Gasteiger partial charge on any atom is 0.406 e. The number of carbonyl (C=O) groups is 1. The minimum atomic E-state index is -4.36. The van der Waals surface area contributed by atoms with Crippen LogP contribution in [0.15, 0.2) is 0 Å². The third kappa shape index (κ3) is 5.25. The summed E-state index contributed by atoms with van der Waals surface area (Å²) < 4.78 is 42.5. The molecule has 1 unspecified atom stereocenters. The Morgan fingerprint density at radius 2 is 1.89 bits per heavy atom. The van der Waals surface area contributed by atoms with E-state index in [1.807, 2.05) is 0 Å². The molecule has 0 N–H and O–H groups in total. The standard InChI is InChI=1S/C12H20F3NO2/c1-8(2)18-6-11(17)16(7-12(13,14)15)9(3)10-4-5-10/h8-10H,4-7H2,1-3H3. The molecular formula is C12H20F3NO2. The Balaban J connectivity index is 2.60. The molecule has 1 aliphatic rings. The van der Waals surface area contributed by atoms with Gasteiger partial charge in [-0.3, -0.25) is 4.79 Å². The SMILES string of the molecule is CC(C)OCC(=O)N(CC(F)(F)F)C(C)C1CC1. The Hall–Kier alpha value is -0.780. The molecule has 1 fully saturated rings. The second-order valence-corrected chi connectivity index (χ2v) is 5.07. The molecule has 0 saturated heterocycles. The third-order valence-corrected chi connectivity index (χ3v) is 3.01. The van der Waals surface area contributed by atoms with E-state index in [0.717, 1.165) is 17.7 Å². The number of hydrogen-bond acceptors (Lipinski definition) is 2. The predicted octanol–water partition coefficient (Wildman–Crippen LogP) is 2.60. The van der Waals surface area contributed by atoms with E-state index < -0.39 is 18.6 Å². The molecule has 0 heterocycles. The van der Waals surface area contributed by atoms with Gasteiger partial charge in [-0.15, -0.1) is 0 Å². The van der Waals surface area contributed by atoms with Gasteiger partial charge in [0, 0.05) is 6.04 Å². The first-order chi connectivity index (χ1) is 8.20. The first-order valence-corrected chi connectivity index (χ1v) is 6.18. The van der Waals surface area contributed by atoms with E-state index in [1.165, 1.54) is 0 Å². The number of alkyl halides is 3. The second-order valence-electron chi connectivity index (χ2n) is 5.07. The summed E-state index contributed by atoms with van der Waals surface area (Å²) in [4.78, 5) is 12.7. The summed E-state index contributed by atoms with van der Waals surface area (Å²) in [6.45, 7) is 3.68. The summed E-state index contributed by atoms with van der Waals surface area (Å²) in [7, 11) is 0. The van der Waals surface area contributed by atoms with Crippen molar-refractivity contribution >= 4 is 5.91 Å². The van der Waals surface area contributed by atoms with E-state index in [0.29, 0.717) is 0 Å². The smallest absolute Gasteiger partial charge is 0.369 e. The number of rotatable bonds is 6. The van der Waals surface area contributed by atoms with Crippen LogP contribution in [0, 0.1) is 5.92 Å². The zero-order chi connectivity index (χ0) is 13.9. The fourth-order valence-corrected chi connectivity index (χ4v) is 1.81. The van der Waals surface area contributed by atoms with Crippen molar-refractivity contribution in [3.63, 3.8) is 0 Å². The van der Waals surface area contributed by atoms with E-state index in [2.05, 4.69) is 0 Å². The van der Waals surface area contributed by atoms with Crippen LogP contribution < -0.4 is 0 Å². The van der Waals surface area contributed by atoms with Crippen LogP contribution in [0.1, 0.15) is 33.6 Å². The molecule has 1 rings (SSSR count). The van der Waals surface area contributed by atoms with Crippen LogP contribution in [0.4, 0.5) is 13.2 Å². The van der Waals surface area contributed by atoms with Crippen LogP contribution in [0.3, 0.4) is 0 Å². The van der Waals surface area contributed by atoms with E-state index in [9.17, 15) is 18.0 Å². The predicted molar refractivity (Wildman–Crippen MR) is 61.0 cm³/mol. The molecule has 18 heavy (non-hydrogen) atoms. The number of ether oxygens (including phenoxy) is 1. The summed E-state index contributed by atoms with van der Waals surface area (Å²) in [5.41, 5.74) is 0. The van der Waals surface area contributed by atoms with Gasteiger partial charge in [-0.2, -0.15) is 13.2 Å². The normalized spacial score (nSPS) is 17.9. The van der Waals surface area contributed by atoms with E-state index in [1.54, 1.807) is 20.8 Å². The summed E-state index contributed by atoms with van der Waals surface area (Å²) in [5.74, 6) is -0.379. The molecule has 1 atom stereocenters. The van der Waals surface area contributed by atoms with Gasteiger partial charge in [0.15, 0.2) is 0 Å². The van der Waals surface area contributed by atoms with E-state index in [4.69, 9.17) is 4.74 Å². The van der Waals surface area contributed by atoms with Crippen LogP contribution in [-0.4, -0.2) is 42.3 Å². The summed E-state index contributed by atoms with van der Waals surface area (Å²) in [5, 5.41) is 0. The van der Waals surface area contributed by atoms with Crippen LogP contribution in [-0.2, 0) is 9.53 Å². The van der Waals surface area contributed by atoms with Crippen LogP contribution in [0.2, 0.25) is 0 Å². The van der Waals surface area contributed by atoms with Gasteiger partial charge >= 0.3 is 6.18 Å². The number of carbonyl (C=O) groups excluding carboxylic acids is 1. The number of halogens is 3. The Morgan fingerprint density at radius 3 is 2.28 bits per heavy atom. The molecular weight excluding hydrogens is 247 g/mol. The lowest BCUT2D eigenvalue weighted by molar-refractivity contribution is -0.169. The van der Waals surface area contributed by atoms with E-state index in [-0.39, 0.29) is 24.7 Å². The molecule has 0 spiro atoms. The average Bonchev–Trinajstić information content (AvgIpc) is 3.03. The van der Waals surface area contributed by atoms with Crippen molar-refractivity contribution < 1.29 is 22.7 Å². The lowest BCUT2D eigenvalue weighted by atomic mass is 10.2. The largest absolute Gasteiger partial charge is 0.406 e. The van der Waals surface area contributed by atoms with Crippen molar-refractivity contribution in [1.29, 1.82) is 0 Å². The molecule has 0 radical (unpaired) electrons. The average molecular weight is 267 g/mol. The minimum absolute atomic E-state index is 0.169. The fourth-order valence-electron chi connectivity index (χ4n) is 1.81. The lowest BCUT2D eigenvalue weighted by Gasteiger charge is -2.30. The van der Waals surface area contributed by atoms with Crippen LogP contribution in [0.5, 0.6) is 0 Å². The molecule has 0 bridgehead atoms. The van der Waals surface area contributed by atoms with Crippen LogP contribution in [0.25, 0.3) is 0 Å². The summed E-state index contributed by atoms with van der Waals surface area (Å²) in [6.07, 6.45) is -2.74. The van der Waals surface area contributed by atoms with Crippen molar-refractivity contribution in [3.8, 4) is 0 Å². The first-order valence-electron chi connectivity index (χ1n) is 6.18. The molecule has 0 aromatic heterocycles. The Labute approximate surface area is 105 Å². The Bertz CT molecular complexity index is 288. The highest BCUT2D eigenvalue weighted by Crippen LogP contribution is 2.36. The van der Waals surface area contributed by atoms with Gasteiger partial charge in [0.2, 0.25) is 5.91 Å². The molecule has 0 aromatic carbocycles. The highest BCUT2D eigenvalue weighted by molar-refractivity contribution is 5.78. The van der Waals surface area contributed by atoms with Gasteiger partial charge in [-0.05, 0) is 39.5 Å². The monoisotopic (exact) mass is 267 g/mol. The van der Waals surface area contributed by atoms with Crippen molar-refractivity contribution in [2.45, 2.75) is 51.9 Å². The third-order valence-electron chi connectivity index (χ3n) is 3.01. The molecule has 3 nitrogen and oxygen atoms in total. The van der Waals surface area contributed by atoms with Gasteiger partial charge in [0.05, 0.1) is 6.10 Å². The quantitative estimate of drug-likeness (QED) is 0.740. The molecule has 1 amide bonds. The van der Waals surface area contributed by atoms with Gasteiger partial charge < -0.3 is 9.64 Å². The number of nitrogens with zero attached hydrogens (tertiary/aromatic N) is 1. The van der Waals surface area contributed by atoms with Gasteiger partial charge in [-0.1, -0.05) is 0 Å². The zero-order valence-electron chi connectivity index (χ0n) is 11.0. The van der Waals surface area contributed by atoms with Crippen molar-refractivity contribution in [1.82, 2.24) is 4.90 Å². The lowest BCUT2D eigenvalue weighted by Crippen LogP contribution is -2.47. The Kier molecular flexibility index (Phi) is 5.01.